The zero-order chi connectivity index (χ0) is 25.5. The molecule has 1 aliphatic heterocycles. The van der Waals surface area contributed by atoms with Crippen LogP contribution in [0, 0.1) is 6.92 Å². The fourth-order valence-electron chi connectivity index (χ4n) is 4.16. The smallest absolute Gasteiger partial charge is 0.307 e. The lowest BCUT2D eigenvalue weighted by Gasteiger charge is -2.34. The first-order chi connectivity index (χ1) is 17.4. The Labute approximate surface area is 214 Å². The highest BCUT2D eigenvalue weighted by Gasteiger charge is 2.23. The molecule has 0 spiro atoms. The zero-order valence-electron chi connectivity index (χ0n) is 20.7. The largest absolute Gasteiger partial charge is 0.497 e. The average Bonchev–Trinajstić information content (AvgIpc) is 2.89. The molecule has 1 atom stereocenters. The number of aliphatic carboxylic acids is 1. The number of carbonyl (C=O) groups is 1. The van der Waals surface area contributed by atoms with Gasteiger partial charge in [0.25, 0.3) is 0 Å². The van der Waals surface area contributed by atoms with Gasteiger partial charge in [0.1, 0.15) is 29.1 Å². The van der Waals surface area contributed by atoms with Crippen LogP contribution in [-0.2, 0) is 35.4 Å². The van der Waals surface area contributed by atoms with Crippen LogP contribution < -0.4 is 9.47 Å². The molecule has 0 amide bonds. The van der Waals surface area contributed by atoms with Gasteiger partial charge in [-0.15, -0.1) is 0 Å². The number of nitrogens with zero attached hydrogens (tertiary/aromatic N) is 2. The van der Waals surface area contributed by atoms with Crippen molar-refractivity contribution in [2.24, 2.45) is 0 Å². The van der Waals surface area contributed by atoms with Gasteiger partial charge in [0.2, 0.25) is 0 Å². The van der Waals surface area contributed by atoms with Gasteiger partial charge < -0.3 is 14.6 Å². The lowest BCUT2D eigenvalue weighted by molar-refractivity contribution is -0.136. The molecule has 1 N–H and O–H groups in total. The molecule has 4 rings (SSSR count). The molecule has 1 unspecified atom stereocenters. The number of hydrogen-bond acceptors (Lipinski definition) is 5. The summed E-state index contributed by atoms with van der Waals surface area (Å²) in [5.74, 6) is 0.672. The minimum absolute atomic E-state index is 0.0327. The molecule has 36 heavy (non-hydrogen) atoms. The second kappa shape index (κ2) is 12.2. The van der Waals surface area contributed by atoms with Gasteiger partial charge in [-0.3, -0.25) is 9.69 Å². The van der Waals surface area contributed by atoms with Crippen molar-refractivity contribution in [3.63, 3.8) is 0 Å². The number of rotatable bonds is 10. The van der Waals surface area contributed by atoms with E-state index in [9.17, 15) is 14.1 Å². The molecular formula is C28H32N2O5S. The second-order valence-electron chi connectivity index (χ2n) is 8.92. The van der Waals surface area contributed by atoms with Crippen molar-refractivity contribution < 1.29 is 23.6 Å². The number of ether oxygens (including phenoxy) is 2. The molecule has 1 saturated heterocycles. The topological polar surface area (TPSA) is 79.3 Å². The fraction of sp³-hybridized carbons (Fsp3) is 0.321. The normalized spacial score (nSPS) is 15.4. The molecule has 3 aromatic rings. The highest BCUT2D eigenvalue weighted by atomic mass is 32.2. The molecule has 190 valence electrons. The maximum atomic E-state index is 13.0. The van der Waals surface area contributed by atoms with Crippen molar-refractivity contribution in [1.29, 1.82) is 0 Å². The lowest BCUT2D eigenvalue weighted by atomic mass is 10.1. The minimum atomic E-state index is -1.17. The third-order valence-corrected chi connectivity index (χ3v) is 7.73. The van der Waals surface area contributed by atoms with Crippen molar-refractivity contribution in [1.82, 2.24) is 9.21 Å². The van der Waals surface area contributed by atoms with Crippen molar-refractivity contribution in [2.45, 2.75) is 31.4 Å². The van der Waals surface area contributed by atoms with Crippen LogP contribution in [0.15, 0.2) is 71.6 Å². The van der Waals surface area contributed by atoms with E-state index in [0.717, 1.165) is 51.7 Å². The number of hydrogen-bond donors (Lipinski definition) is 1. The number of methoxy groups -OCH3 is 1. The van der Waals surface area contributed by atoms with Gasteiger partial charge >= 0.3 is 5.97 Å². The van der Waals surface area contributed by atoms with Gasteiger partial charge in [0.15, 0.2) is 0 Å². The van der Waals surface area contributed by atoms with Crippen LogP contribution in [0.5, 0.6) is 11.5 Å². The van der Waals surface area contributed by atoms with Crippen LogP contribution in [0.4, 0.5) is 0 Å². The summed E-state index contributed by atoms with van der Waals surface area (Å²) in [6, 6.07) is 21.1. The molecule has 0 aromatic heterocycles. The second-order valence-corrected chi connectivity index (χ2v) is 10.4. The Hall–Kier alpha value is -3.20. The van der Waals surface area contributed by atoms with Crippen molar-refractivity contribution in [2.75, 3.05) is 33.3 Å². The summed E-state index contributed by atoms with van der Waals surface area (Å²) in [7, 11) is 0.462. The van der Waals surface area contributed by atoms with Crippen LogP contribution in [0.25, 0.3) is 0 Å². The summed E-state index contributed by atoms with van der Waals surface area (Å²) in [5.41, 5.74) is 3.86. The molecule has 7 nitrogen and oxygen atoms in total. The SMILES string of the molecule is COc1ccc(COc2ccc(CC(=O)O)cc2CN2CCN(S(=O)c3ccc(C)cc3)CC2)cc1. The van der Waals surface area contributed by atoms with E-state index in [1.54, 1.807) is 7.11 Å². The summed E-state index contributed by atoms with van der Waals surface area (Å²) in [5, 5.41) is 9.25. The summed E-state index contributed by atoms with van der Waals surface area (Å²) in [6.45, 7) is 5.97. The first-order valence-corrected chi connectivity index (χ1v) is 13.1. The van der Waals surface area contributed by atoms with Crippen LogP contribution in [-0.4, -0.2) is 57.8 Å². The van der Waals surface area contributed by atoms with Crippen molar-refractivity contribution in [3.8, 4) is 11.5 Å². The van der Waals surface area contributed by atoms with Gasteiger partial charge in [0, 0.05) is 38.3 Å². The first-order valence-electron chi connectivity index (χ1n) is 12.0. The van der Waals surface area contributed by atoms with Gasteiger partial charge in [-0.25, -0.2) is 8.51 Å². The molecule has 3 aromatic carbocycles. The highest BCUT2D eigenvalue weighted by Crippen LogP contribution is 2.25. The predicted molar refractivity (Wildman–Crippen MR) is 140 cm³/mol. The van der Waals surface area contributed by atoms with E-state index >= 15 is 0 Å². The van der Waals surface area contributed by atoms with Gasteiger partial charge in [0.05, 0.1) is 18.4 Å². The number of piperazine rings is 1. The molecule has 0 saturated carbocycles. The average molecular weight is 509 g/mol. The van der Waals surface area contributed by atoms with E-state index in [0.29, 0.717) is 26.2 Å². The minimum Gasteiger partial charge on any atom is -0.497 e. The number of aryl methyl sites for hydroxylation is 1. The van der Waals surface area contributed by atoms with E-state index in [-0.39, 0.29) is 6.42 Å². The quantitative estimate of drug-likeness (QED) is 0.445. The fourth-order valence-corrected chi connectivity index (χ4v) is 5.32. The summed E-state index contributed by atoms with van der Waals surface area (Å²) in [6.07, 6.45) is -0.0327. The molecule has 1 fully saturated rings. The Kier molecular flexibility index (Phi) is 8.74. The van der Waals surface area contributed by atoms with E-state index in [1.165, 1.54) is 0 Å². The summed E-state index contributed by atoms with van der Waals surface area (Å²) < 4.78 is 26.3. The van der Waals surface area contributed by atoms with Gasteiger partial charge in [-0.05, 0) is 48.4 Å². The Morgan fingerprint density at radius 2 is 1.61 bits per heavy atom. The number of carboxylic acids is 1. The molecule has 8 heteroatoms. The van der Waals surface area contributed by atoms with Gasteiger partial charge in [-0.2, -0.15) is 0 Å². The predicted octanol–water partition coefficient (Wildman–Crippen LogP) is 4.05. The number of carboxylic acid groups (broad SMARTS) is 1. The van der Waals surface area contributed by atoms with Crippen LogP contribution in [0.2, 0.25) is 0 Å². The maximum absolute atomic E-state index is 13.0. The summed E-state index contributed by atoms with van der Waals surface area (Å²) >= 11 is 0. The van der Waals surface area contributed by atoms with Crippen molar-refractivity contribution in [3.05, 3.63) is 89.0 Å². The van der Waals surface area contributed by atoms with E-state index < -0.39 is 17.0 Å². The molecule has 1 aliphatic rings. The Bertz CT molecular complexity index is 1190. The maximum Gasteiger partial charge on any atom is 0.307 e. The van der Waals surface area contributed by atoms with E-state index in [4.69, 9.17) is 9.47 Å². The summed E-state index contributed by atoms with van der Waals surface area (Å²) in [4.78, 5) is 14.4. The Morgan fingerprint density at radius 3 is 2.25 bits per heavy atom. The highest BCUT2D eigenvalue weighted by molar-refractivity contribution is 7.82. The first kappa shape index (κ1) is 25.9. The third kappa shape index (κ3) is 6.94. The molecule has 1 heterocycles. The van der Waals surface area contributed by atoms with E-state index in [2.05, 4.69) is 4.90 Å². The molecule has 0 radical (unpaired) electrons. The Balaban J connectivity index is 1.41. The Morgan fingerprint density at radius 1 is 0.944 bits per heavy atom. The zero-order valence-corrected chi connectivity index (χ0v) is 21.5. The number of benzene rings is 3. The molecule has 0 bridgehead atoms. The van der Waals surface area contributed by atoms with Crippen LogP contribution in [0.3, 0.4) is 0 Å². The van der Waals surface area contributed by atoms with Crippen LogP contribution >= 0.6 is 0 Å². The van der Waals surface area contributed by atoms with E-state index in [1.807, 2.05) is 78.0 Å². The lowest BCUT2D eigenvalue weighted by Crippen LogP contribution is -2.46. The van der Waals surface area contributed by atoms with Crippen molar-refractivity contribution >= 4 is 17.0 Å². The molecule has 0 aliphatic carbocycles. The monoisotopic (exact) mass is 508 g/mol. The standard InChI is InChI=1S/C28H32N2O5S/c1-21-3-10-26(11-4-21)36(33)30-15-13-29(14-16-30)19-24-17-23(18-28(31)32)7-12-27(24)35-20-22-5-8-25(34-2)9-6-22/h3-12,17H,13-16,18-20H2,1-2H3,(H,31,32). The third-order valence-electron chi connectivity index (χ3n) is 6.22. The van der Waals surface area contributed by atoms with Gasteiger partial charge in [-0.1, -0.05) is 42.0 Å². The van der Waals surface area contributed by atoms with Crippen LogP contribution in [0.1, 0.15) is 22.3 Å². The molecular weight excluding hydrogens is 476 g/mol.